The smallest absolute Gasteiger partial charge is 0.494 e. The van der Waals surface area contributed by atoms with Crippen LogP contribution in [0.1, 0.15) is 106 Å². The van der Waals surface area contributed by atoms with Crippen molar-refractivity contribution in [2.75, 3.05) is 13.2 Å². The first kappa shape index (κ1) is 44.8. The molecule has 320 valence electrons. The number of rotatable bonds is 24. The molecular formula is C46H54N2O12. The summed E-state index contributed by atoms with van der Waals surface area (Å²) in [5, 5.41) is 12.0. The number of unbranched alkanes of at least 4 members (excludes halogenated alkanes) is 6. The van der Waals surface area contributed by atoms with Crippen molar-refractivity contribution in [3.05, 3.63) is 111 Å². The average molecular weight is 827 g/mol. The molecule has 1 saturated heterocycles. The van der Waals surface area contributed by atoms with Crippen molar-refractivity contribution in [1.82, 2.24) is 5.06 Å². The van der Waals surface area contributed by atoms with E-state index in [0.29, 0.717) is 30.3 Å². The molecule has 2 amide bonds. The second kappa shape index (κ2) is 22.7. The molecule has 0 N–H and O–H groups in total. The van der Waals surface area contributed by atoms with E-state index in [0.717, 1.165) is 84.4 Å². The van der Waals surface area contributed by atoms with Gasteiger partial charge in [0.15, 0.2) is 0 Å². The van der Waals surface area contributed by atoms with Crippen LogP contribution in [0.5, 0.6) is 34.5 Å². The molecule has 14 heteroatoms. The van der Waals surface area contributed by atoms with Crippen LogP contribution in [0.25, 0.3) is 0 Å². The van der Waals surface area contributed by atoms with Gasteiger partial charge in [0, 0.05) is 31.0 Å². The molecule has 1 heterocycles. The summed E-state index contributed by atoms with van der Waals surface area (Å²) in [4.78, 5) is 52.0. The molecule has 14 nitrogen and oxygen atoms in total. The van der Waals surface area contributed by atoms with Crippen molar-refractivity contribution in [3.63, 3.8) is 0 Å². The Bertz CT molecular complexity index is 2000. The molecule has 5 rings (SSSR count). The van der Waals surface area contributed by atoms with Crippen molar-refractivity contribution in [2.24, 2.45) is 0 Å². The Morgan fingerprint density at radius 1 is 0.600 bits per heavy atom. The van der Waals surface area contributed by atoms with Crippen molar-refractivity contribution in [1.29, 1.82) is 0 Å². The minimum absolute atomic E-state index is 0.0348. The van der Waals surface area contributed by atoms with Gasteiger partial charge in [-0.25, -0.2) is 4.79 Å². The summed E-state index contributed by atoms with van der Waals surface area (Å²) < 4.78 is 35.8. The standard InChI is InChI=1S/C46H54N2O12/c1-5-7-9-11-17-54-38-21-32(3)19-34(23-38)29-57-40-25-36(26-41(27-40)58-30-35-20-33(4)22-39(24-35)55-18-12-10-8-6-2)31-56-37-13-14-42(48(52)53)43(28-37)59-46(51)60-47-44(49)15-16-45(47)50/h13-14,19-28H,5-12,15-18,29-31H2,1-4H3. The number of amides is 2. The van der Waals surface area contributed by atoms with Gasteiger partial charge in [0.1, 0.15) is 48.6 Å². The number of carbonyl (C=O) groups is 3. The highest BCUT2D eigenvalue weighted by atomic mass is 16.8. The van der Waals surface area contributed by atoms with Crippen LogP contribution in [0.4, 0.5) is 10.5 Å². The number of aryl methyl sites for hydroxylation is 2. The van der Waals surface area contributed by atoms with Crippen molar-refractivity contribution < 1.29 is 52.6 Å². The Morgan fingerprint density at radius 3 is 1.55 bits per heavy atom. The van der Waals surface area contributed by atoms with E-state index >= 15 is 0 Å². The molecule has 0 atom stereocenters. The zero-order valence-corrected chi connectivity index (χ0v) is 34.8. The molecule has 0 spiro atoms. The first-order valence-corrected chi connectivity index (χ1v) is 20.5. The highest BCUT2D eigenvalue weighted by Crippen LogP contribution is 2.33. The van der Waals surface area contributed by atoms with E-state index in [4.69, 9.17) is 33.3 Å². The monoisotopic (exact) mass is 826 g/mol. The summed E-state index contributed by atoms with van der Waals surface area (Å²) in [5.41, 5.74) is 4.04. The van der Waals surface area contributed by atoms with Crippen LogP contribution < -0.4 is 28.4 Å². The molecule has 1 aliphatic rings. The van der Waals surface area contributed by atoms with Gasteiger partial charge in [-0.1, -0.05) is 69.6 Å². The van der Waals surface area contributed by atoms with E-state index in [9.17, 15) is 24.5 Å². The third kappa shape index (κ3) is 14.2. The number of hydroxylamine groups is 2. The molecule has 4 aromatic carbocycles. The van der Waals surface area contributed by atoms with Crippen LogP contribution in [-0.4, -0.2) is 41.2 Å². The van der Waals surface area contributed by atoms with E-state index in [2.05, 4.69) is 13.8 Å². The van der Waals surface area contributed by atoms with Crippen LogP contribution in [0.2, 0.25) is 0 Å². The predicted molar refractivity (Wildman–Crippen MR) is 222 cm³/mol. The highest BCUT2D eigenvalue weighted by molar-refractivity contribution is 6.01. The number of hydrogen-bond donors (Lipinski definition) is 0. The Labute approximate surface area is 350 Å². The minimum Gasteiger partial charge on any atom is -0.494 e. The quantitative estimate of drug-likeness (QED) is 0.0164. The third-order valence-electron chi connectivity index (χ3n) is 9.40. The van der Waals surface area contributed by atoms with E-state index < -0.39 is 34.3 Å². The Morgan fingerprint density at radius 2 is 1.07 bits per heavy atom. The fraction of sp³-hybridized carbons (Fsp3) is 0.413. The summed E-state index contributed by atoms with van der Waals surface area (Å²) in [6.45, 7) is 10.1. The number of nitro groups is 1. The summed E-state index contributed by atoms with van der Waals surface area (Å²) in [6, 6.07) is 21.1. The lowest BCUT2D eigenvalue weighted by atomic mass is 10.1. The van der Waals surface area contributed by atoms with E-state index in [1.54, 1.807) is 18.2 Å². The number of ether oxygens (including phenoxy) is 6. The third-order valence-corrected chi connectivity index (χ3v) is 9.40. The number of nitrogens with zero attached hydrogens (tertiary/aromatic N) is 2. The zero-order valence-electron chi connectivity index (χ0n) is 34.8. The van der Waals surface area contributed by atoms with Gasteiger partial charge in [-0.3, -0.25) is 24.5 Å². The topological polar surface area (TPSA) is 162 Å². The van der Waals surface area contributed by atoms with Crippen LogP contribution in [0.3, 0.4) is 0 Å². The average Bonchev–Trinajstić information content (AvgIpc) is 3.53. The first-order valence-electron chi connectivity index (χ1n) is 20.5. The minimum atomic E-state index is -1.50. The lowest BCUT2D eigenvalue weighted by Gasteiger charge is -2.15. The number of benzene rings is 4. The van der Waals surface area contributed by atoms with E-state index in [-0.39, 0.29) is 43.5 Å². The van der Waals surface area contributed by atoms with Crippen LogP contribution >= 0.6 is 0 Å². The van der Waals surface area contributed by atoms with E-state index in [1.807, 2.05) is 50.2 Å². The lowest BCUT2D eigenvalue weighted by molar-refractivity contribution is -0.385. The van der Waals surface area contributed by atoms with Crippen molar-refractivity contribution in [3.8, 4) is 34.5 Å². The molecule has 0 unspecified atom stereocenters. The van der Waals surface area contributed by atoms with E-state index in [1.165, 1.54) is 18.9 Å². The molecule has 1 fully saturated rings. The number of nitro benzene ring substituents is 1. The van der Waals surface area contributed by atoms with Gasteiger partial charge in [-0.15, -0.1) is 0 Å². The Kier molecular flexibility index (Phi) is 17.0. The molecule has 0 aromatic heterocycles. The normalized spacial score (nSPS) is 12.3. The van der Waals surface area contributed by atoms with Gasteiger partial charge in [-0.2, -0.15) is 0 Å². The van der Waals surface area contributed by atoms with Crippen molar-refractivity contribution in [2.45, 2.75) is 112 Å². The fourth-order valence-corrected chi connectivity index (χ4v) is 6.46. The van der Waals surface area contributed by atoms with Gasteiger partial charge >= 0.3 is 11.8 Å². The second-order valence-corrected chi connectivity index (χ2v) is 14.7. The maximum atomic E-state index is 12.5. The Hall–Kier alpha value is -6.31. The van der Waals surface area contributed by atoms with Gasteiger partial charge in [0.05, 0.1) is 18.1 Å². The van der Waals surface area contributed by atoms with Crippen molar-refractivity contribution >= 4 is 23.7 Å². The number of carbonyl (C=O) groups excluding carboxylic acids is 3. The summed E-state index contributed by atoms with van der Waals surface area (Å²) in [5.74, 6) is 0.757. The van der Waals surface area contributed by atoms with Gasteiger partial charge in [0.2, 0.25) is 5.75 Å². The largest absolute Gasteiger partial charge is 0.539 e. The molecule has 0 saturated carbocycles. The van der Waals surface area contributed by atoms with Crippen LogP contribution in [-0.2, 0) is 34.2 Å². The number of hydrogen-bond acceptors (Lipinski definition) is 12. The highest BCUT2D eigenvalue weighted by Gasteiger charge is 2.34. The lowest BCUT2D eigenvalue weighted by Crippen LogP contribution is -2.33. The molecule has 0 bridgehead atoms. The van der Waals surface area contributed by atoms with Gasteiger partial charge in [-0.05, 0) is 97.0 Å². The van der Waals surface area contributed by atoms with Gasteiger partial charge in [0.25, 0.3) is 11.8 Å². The molecule has 4 aromatic rings. The SMILES string of the molecule is CCCCCCOc1cc(C)cc(COc2cc(COc3ccc([N+](=O)[O-])c(OC(=O)ON4C(=O)CCC4=O)c3)cc(OCc3cc(C)cc(OCCCCCC)c3)c2)c1. The zero-order chi connectivity index (χ0) is 42.9. The number of imide groups is 1. The maximum absolute atomic E-state index is 12.5. The summed E-state index contributed by atoms with van der Waals surface area (Å²) >= 11 is 0. The molecule has 60 heavy (non-hydrogen) atoms. The Balaban J connectivity index is 1.32. The summed E-state index contributed by atoms with van der Waals surface area (Å²) in [7, 11) is 0. The molecule has 0 radical (unpaired) electrons. The maximum Gasteiger partial charge on any atom is 0.539 e. The molecule has 1 aliphatic heterocycles. The predicted octanol–water partition coefficient (Wildman–Crippen LogP) is 10.4. The van der Waals surface area contributed by atoms with Gasteiger partial charge < -0.3 is 28.4 Å². The van der Waals surface area contributed by atoms with Crippen LogP contribution in [0, 0.1) is 24.0 Å². The summed E-state index contributed by atoms with van der Waals surface area (Å²) in [6.07, 6.45) is 7.16. The molecular weight excluding hydrogens is 773 g/mol. The molecule has 0 aliphatic carbocycles. The second-order valence-electron chi connectivity index (χ2n) is 14.7. The fourth-order valence-electron chi connectivity index (χ4n) is 6.46. The first-order chi connectivity index (χ1) is 29.0. The van der Waals surface area contributed by atoms with Crippen LogP contribution in [0.15, 0.2) is 72.8 Å².